The summed E-state index contributed by atoms with van der Waals surface area (Å²) in [5, 5.41) is 0. The van der Waals surface area contributed by atoms with E-state index in [1.54, 1.807) is 0 Å². The second-order valence-electron chi connectivity index (χ2n) is 4.82. The first-order chi connectivity index (χ1) is 7.16. The lowest BCUT2D eigenvalue weighted by atomic mass is 10.00. The van der Waals surface area contributed by atoms with Gasteiger partial charge in [0, 0.05) is 4.83 Å². The molecular formula is C14H19Br. The number of hydrogen-bond donors (Lipinski definition) is 0. The first-order valence-corrected chi connectivity index (χ1v) is 6.78. The van der Waals surface area contributed by atoms with Gasteiger partial charge < -0.3 is 0 Å². The summed E-state index contributed by atoms with van der Waals surface area (Å²) in [4.78, 5) is 0.748. The molecule has 0 aromatic heterocycles. The van der Waals surface area contributed by atoms with E-state index in [1.807, 2.05) is 0 Å². The molecule has 1 fully saturated rings. The van der Waals surface area contributed by atoms with Gasteiger partial charge in [0.15, 0.2) is 0 Å². The van der Waals surface area contributed by atoms with E-state index in [9.17, 15) is 0 Å². The minimum Gasteiger partial charge on any atom is -0.0888 e. The zero-order valence-electron chi connectivity index (χ0n) is 9.59. The Morgan fingerprint density at radius 1 is 1.33 bits per heavy atom. The predicted octanol–water partition coefficient (Wildman–Crippen LogP) is 4.41. The molecule has 1 heteroatoms. The fourth-order valence-corrected chi connectivity index (χ4v) is 2.81. The molecule has 0 amide bonds. The fourth-order valence-electron chi connectivity index (χ4n) is 2.06. The Bertz CT molecular complexity index is 339. The van der Waals surface area contributed by atoms with Crippen molar-refractivity contribution in [3.63, 3.8) is 0 Å². The Morgan fingerprint density at radius 3 is 2.73 bits per heavy atom. The topological polar surface area (TPSA) is 0 Å². The van der Waals surface area contributed by atoms with Gasteiger partial charge >= 0.3 is 0 Å². The van der Waals surface area contributed by atoms with Crippen LogP contribution in [0.3, 0.4) is 0 Å². The minimum atomic E-state index is 0.748. The van der Waals surface area contributed by atoms with Crippen LogP contribution in [0, 0.1) is 19.8 Å². The highest BCUT2D eigenvalue weighted by Gasteiger charge is 2.28. The molecule has 1 aliphatic carbocycles. The van der Waals surface area contributed by atoms with Crippen LogP contribution in [0.15, 0.2) is 18.2 Å². The molecule has 0 saturated heterocycles. The maximum atomic E-state index is 3.81. The molecule has 1 atom stereocenters. The summed E-state index contributed by atoms with van der Waals surface area (Å²) in [5.74, 6) is 0.968. The number of hydrogen-bond acceptors (Lipinski definition) is 0. The van der Waals surface area contributed by atoms with Crippen molar-refractivity contribution >= 4 is 15.9 Å². The van der Waals surface area contributed by atoms with E-state index in [2.05, 4.69) is 48.0 Å². The molecule has 0 spiro atoms. The second-order valence-corrected chi connectivity index (χ2v) is 6.00. The molecule has 2 rings (SSSR count). The lowest BCUT2D eigenvalue weighted by molar-refractivity contribution is 0.694. The summed E-state index contributed by atoms with van der Waals surface area (Å²) < 4.78 is 0. The summed E-state index contributed by atoms with van der Waals surface area (Å²) in [6.45, 7) is 4.39. The fraction of sp³-hybridized carbons (Fsp3) is 0.571. The van der Waals surface area contributed by atoms with Gasteiger partial charge in [-0.05, 0) is 56.6 Å². The smallest absolute Gasteiger partial charge is 0.0177 e. The number of aryl methyl sites for hydroxylation is 3. The van der Waals surface area contributed by atoms with Crippen LogP contribution in [0.1, 0.15) is 36.0 Å². The average Bonchev–Trinajstić information content (AvgIpc) is 3.02. The van der Waals surface area contributed by atoms with Gasteiger partial charge in [-0.15, -0.1) is 0 Å². The Labute approximate surface area is 101 Å². The molecule has 1 saturated carbocycles. The highest BCUT2D eigenvalue weighted by atomic mass is 79.9. The van der Waals surface area contributed by atoms with Crippen molar-refractivity contribution < 1.29 is 0 Å². The largest absolute Gasteiger partial charge is 0.0888 e. The Kier molecular flexibility index (Phi) is 3.50. The van der Waals surface area contributed by atoms with Crippen LogP contribution in [0.2, 0.25) is 0 Å². The highest BCUT2D eigenvalue weighted by molar-refractivity contribution is 9.09. The lowest BCUT2D eigenvalue weighted by Gasteiger charge is -2.10. The monoisotopic (exact) mass is 266 g/mol. The van der Waals surface area contributed by atoms with Crippen molar-refractivity contribution in [3.05, 3.63) is 34.9 Å². The number of benzene rings is 1. The zero-order valence-corrected chi connectivity index (χ0v) is 11.2. The maximum absolute atomic E-state index is 3.81. The van der Waals surface area contributed by atoms with Crippen molar-refractivity contribution in [2.45, 2.75) is 44.4 Å². The van der Waals surface area contributed by atoms with Crippen LogP contribution in [-0.4, -0.2) is 4.83 Å². The third-order valence-electron chi connectivity index (χ3n) is 3.33. The molecule has 82 valence electrons. The van der Waals surface area contributed by atoms with Crippen molar-refractivity contribution in [2.24, 2.45) is 5.92 Å². The standard InChI is InChI=1S/C14H19Br/c1-10-3-4-11(2)13(9-10)7-8-14(15)12-5-6-12/h3-4,9,12,14H,5-8H2,1-2H3. The van der Waals surface area contributed by atoms with Crippen LogP contribution in [0.4, 0.5) is 0 Å². The summed E-state index contributed by atoms with van der Waals surface area (Å²) in [5.41, 5.74) is 4.35. The molecule has 0 N–H and O–H groups in total. The molecule has 0 aliphatic heterocycles. The molecule has 15 heavy (non-hydrogen) atoms. The normalized spacial score (nSPS) is 17.8. The predicted molar refractivity (Wildman–Crippen MR) is 69.7 cm³/mol. The van der Waals surface area contributed by atoms with Gasteiger partial charge in [0.2, 0.25) is 0 Å². The van der Waals surface area contributed by atoms with Gasteiger partial charge in [-0.25, -0.2) is 0 Å². The SMILES string of the molecule is Cc1ccc(C)c(CCC(Br)C2CC2)c1. The van der Waals surface area contributed by atoms with E-state index >= 15 is 0 Å². The maximum Gasteiger partial charge on any atom is 0.0177 e. The first-order valence-electron chi connectivity index (χ1n) is 5.87. The van der Waals surface area contributed by atoms with Crippen molar-refractivity contribution in [1.29, 1.82) is 0 Å². The lowest BCUT2D eigenvalue weighted by Crippen LogP contribution is -2.03. The van der Waals surface area contributed by atoms with Gasteiger partial charge in [0.05, 0.1) is 0 Å². The molecule has 0 bridgehead atoms. The molecule has 0 heterocycles. The van der Waals surface area contributed by atoms with Crippen LogP contribution in [-0.2, 0) is 6.42 Å². The zero-order chi connectivity index (χ0) is 10.8. The number of alkyl halides is 1. The van der Waals surface area contributed by atoms with Gasteiger partial charge in [0.25, 0.3) is 0 Å². The van der Waals surface area contributed by atoms with Gasteiger partial charge in [-0.2, -0.15) is 0 Å². The van der Waals surface area contributed by atoms with Crippen molar-refractivity contribution in [3.8, 4) is 0 Å². The summed E-state index contributed by atoms with van der Waals surface area (Å²) in [6.07, 6.45) is 5.38. The quantitative estimate of drug-likeness (QED) is 0.709. The van der Waals surface area contributed by atoms with E-state index in [-0.39, 0.29) is 0 Å². The van der Waals surface area contributed by atoms with E-state index in [4.69, 9.17) is 0 Å². The minimum absolute atomic E-state index is 0.748. The Morgan fingerprint density at radius 2 is 2.07 bits per heavy atom. The summed E-state index contributed by atoms with van der Waals surface area (Å²) in [6, 6.07) is 6.78. The van der Waals surface area contributed by atoms with Gasteiger partial charge in [-0.3, -0.25) is 0 Å². The molecule has 1 aliphatic rings. The Hall–Kier alpha value is -0.300. The molecule has 1 aromatic rings. The van der Waals surface area contributed by atoms with Crippen LogP contribution >= 0.6 is 15.9 Å². The number of rotatable bonds is 4. The highest BCUT2D eigenvalue weighted by Crippen LogP contribution is 2.38. The third kappa shape index (κ3) is 3.07. The summed E-state index contributed by atoms with van der Waals surface area (Å²) in [7, 11) is 0. The van der Waals surface area contributed by atoms with E-state index in [0.29, 0.717) is 0 Å². The molecule has 0 radical (unpaired) electrons. The first kappa shape index (κ1) is 11.2. The second kappa shape index (κ2) is 4.69. The van der Waals surface area contributed by atoms with Crippen LogP contribution in [0.5, 0.6) is 0 Å². The molecule has 1 aromatic carbocycles. The summed E-state index contributed by atoms with van der Waals surface area (Å²) >= 11 is 3.81. The van der Waals surface area contributed by atoms with Gasteiger partial charge in [0.1, 0.15) is 0 Å². The van der Waals surface area contributed by atoms with Crippen LogP contribution < -0.4 is 0 Å². The molecule has 0 nitrogen and oxygen atoms in total. The van der Waals surface area contributed by atoms with E-state index < -0.39 is 0 Å². The molecule has 1 unspecified atom stereocenters. The van der Waals surface area contributed by atoms with Crippen LogP contribution in [0.25, 0.3) is 0 Å². The Balaban J connectivity index is 1.94. The van der Waals surface area contributed by atoms with E-state index in [1.165, 1.54) is 42.4 Å². The molecular weight excluding hydrogens is 248 g/mol. The average molecular weight is 267 g/mol. The van der Waals surface area contributed by atoms with E-state index in [0.717, 1.165) is 10.7 Å². The van der Waals surface area contributed by atoms with Crippen molar-refractivity contribution in [2.75, 3.05) is 0 Å². The number of halogens is 1. The van der Waals surface area contributed by atoms with Gasteiger partial charge in [-0.1, -0.05) is 39.7 Å². The third-order valence-corrected chi connectivity index (χ3v) is 4.53. The van der Waals surface area contributed by atoms with Crippen molar-refractivity contribution in [1.82, 2.24) is 0 Å².